The van der Waals surface area contributed by atoms with Crippen molar-refractivity contribution in [3.05, 3.63) is 77.8 Å². The van der Waals surface area contributed by atoms with Gasteiger partial charge in [-0.1, -0.05) is 48.5 Å². The number of aromatic nitrogens is 4. The Kier molecular flexibility index (Phi) is 3.42. The van der Waals surface area contributed by atoms with Gasteiger partial charge in [-0.2, -0.15) is 0 Å². The number of carbonyl (C=O) groups is 1. The van der Waals surface area contributed by atoms with Crippen LogP contribution in [0.1, 0.15) is 34.9 Å². The van der Waals surface area contributed by atoms with Crippen LogP contribution in [0.25, 0.3) is 11.0 Å². The molecule has 0 fully saturated rings. The highest BCUT2D eigenvalue weighted by Gasteiger charge is 2.24. The molecule has 0 spiro atoms. The van der Waals surface area contributed by atoms with Gasteiger partial charge in [0.25, 0.3) is 5.78 Å². The molecule has 2 aromatic heterocycles. The van der Waals surface area contributed by atoms with Crippen LogP contribution in [0, 0.1) is 0 Å². The van der Waals surface area contributed by atoms with Gasteiger partial charge in [0.1, 0.15) is 5.58 Å². The van der Waals surface area contributed by atoms with Crippen LogP contribution in [0.2, 0.25) is 0 Å². The van der Waals surface area contributed by atoms with E-state index in [1.165, 1.54) is 4.68 Å². The van der Waals surface area contributed by atoms with E-state index in [0.29, 0.717) is 5.58 Å². The molecule has 6 heteroatoms. The van der Waals surface area contributed by atoms with Crippen LogP contribution in [0.3, 0.4) is 0 Å². The number of ketones is 1. The summed E-state index contributed by atoms with van der Waals surface area (Å²) in [6.45, 7) is 1.95. The largest absolute Gasteiger partial charge is 0.452 e. The van der Waals surface area contributed by atoms with Crippen LogP contribution in [0.15, 0.2) is 65.1 Å². The summed E-state index contributed by atoms with van der Waals surface area (Å²) in [5.74, 6) is 0.0527. The first kappa shape index (κ1) is 14.3. The second-order valence-corrected chi connectivity index (χ2v) is 5.51. The third kappa shape index (κ3) is 2.38. The molecule has 0 unspecified atom stereocenters. The van der Waals surface area contributed by atoms with E-state index in [1.807, 2.05) is 61.5 Å². The van der Waals surface area contributed by atoms with E-state index in [-0.39, 0.29) is 23.4 Å². The molecule has 24 heavy (non-hydrogen) atoms. The zero-order valence-corrected chi connectivity index (χ0v) is 13.0. The summed E-state index contributed by atoms with van der Waals surface area (Å²) >= 11 is 0. The fourth-order valence-corrected chi connectivity index (χ4v) is 2.68. The van der Waals surface area contributed by atoms with Crippen molar-refractivity contribution in [2.75, 3.05) is 0 Å². The van der Waals surface area contributed by atoms with Crippen LogP contribution in [0.5, 0.6) is 0 Å². The number of para-hydroxylation sites is 1. The van der Waals surface area contributed by atoms with E-state index in [2.05, 4.69) is 15.5 Å². The minimum Gasteiger partial charge on any atom is -0.452 e. The van der Waals surface area contributed by atoms with Gasteiger partial charge in [0, 0.05) is 5.39 Å². The molecular weight excluding hydrogens is 304 g/mol. The summed E-state index contributed by atoms with van der Waals surface area (Å²) in [6, 6.07) is 18.8. The Labute approximate surface area is 137 Å². The number of tetrazole rings is 1. The summed E-state index contributed by atoms with van der Waals surface area (Å²) in [7, 11) is 0. The number of nitrogens with zero attached hydrogens (tertiary/aromatic N) is 4. The first-order valence-corrected chi connectivity index (χ1v) is 7.60. The van der Waals surface area contributed by atoms with E-state index < -0.39 is 0 Å². The average Bonchev–Trinajstić information content (AvgIpc) is 3.28. The molecular formula is C18H14N4O2. The van der Waals surface area contributed by atoms with Crippen LogP contribution in [-0.4, -0.2) is 26.0 Å². The zero-order chi connectivity index (χ0) is 16.5. The standard InChI is InChI=1S/C18H14N4O2/c1-12(13-7-3-2-4-8-13)22-18(19-20-21-22)17(23)16-11-14-9-5-6-10-15(14)24-16/h2-12H,1H3/t12-/m0/s1. The van der Waals surface area contributed by atoms with Gasteiger partial charge < -0.3 is 4.42 Å². The number of rotatable bonds is 4. The van der Waals surface area contributed by atoms with E-state index in [1.54, 1.807) is 6.07 Å². The second-order valence-electron chi connectivity index (χ2n) is 5.51. The lowest BCUT2D eigenvalue weighted by Crippen LogP contribution is -2.16. The van der Waals surface area contributed by atoms with Crippen molar-refractivity contribution in [2.45, 2.75) is 13.0 Å². The number of benzene rings is 2. The SMILES string of the molecule is C[C@@H](c1ccccc1)n1nnnc1C(=O)c1cc2ccccc2o1. The predicted octanol–water partition coefficient (Wildman–Crippen LogP) is 3.26. The van der Waals surface area contributed by atoms with Crippen LogP contribution in [0.4, 0.5) is 0 Å². The average molecular weight is 318 g/mol. The molecule has 0 N–H and O–H groups in total. The minimum absolute atomic E-state index is 0.158. The lowest BCUT2D eigenvalue weighted by Gasteiger charge is -2.12. The molecule has 0 amide bonds. The zero-order valence-electron chi connectivity index (χ0n) is 13.0. The quantitative estimate of drug-likeness (QED) is 0.540. The van der Waals surface area contributed by atoms with Gasteiger partial charge in [0.05, 0.1) is 6.04 Å². The van der Waals surface area contributed by atoms with Crippen molar-refractivity contribution >= 4 is 16.8 Å². The molecule has 118 valence electrons. The highest BCUT2D eigenvalue weighted by Crippen LogP contribution is 2.22. The van der Waals surface area contributed by atoms with E-state index in [4.69, 9.17) is 4.42 Å². The Morgan fingerprint density at radius 1 is 1.08 bits per heavy atom. The minimum atomic E-state index is -0.334. The maximum absolute atomic E-state index is 12.8. The van der Waals surface area contributed by atoms with E-state index in [9.17, 15) is 4.79 Å². The number of hydrogen-bond donors (Lipinski definition) is 0. The van der Waals surface area contributed by atoms with Crippen molar-refractivity contribution in [1.29, 1.82) is 0 Å². The smallest absolute Gasteiger partial charge is 0.267 e. The normalized spacial score (nSPS) is 12.4. The first-order valence-electron chi connectivity index (χ1n) is 7.60. The van der Waals surface area contributed by atoms with Crippen LogP contribution >= 0.6 is 0 Å². The Hall–Kier alpha value is -3.28. The number of furan rings is 1. The molecule has 0 saturated carbocycles. The van der Waals surface area contributed by atoms with Crippen molar-refractivity contribution in [3.8, 4) is 0 Å². The maximum Gasteiger partial charge on any atom is 0.267 e. The fourth-order valence-electron chi connectivity index (χ4n) is 2.68. The van der Waals surface area contributed by atoms with Gasteiger partial charge in [-0.3, -0.25) is 4.79 Å². The highest BCUT2D eigenvalue weighted by atomic mass is 16.3. The summed E-state index contributed by atoms with van der Waals surface area (Å²) in [4.78, 5) is 12.8. The van der Waals surface area contributed by atoms with Crippen LogP contribution < -0.4 is 0 Å². The second kappa shape index (κ2) is 5.73. The molecule has 4 aromatic rings. The number of carbonyl (C=O) groups excluding carboxylic acids is 1. The first-order chi connectivity index (χ1) is 11.7. The number of fused-ring (bicyclic) bond motifs is 1. The summed E-state index contributed by atoms with van der Waals surface area (Å²) < 4.78 is 7.15. The number of hydrogen-bond acceptors (Lipinski definition) is 5. The van der Waals surface area contributed by atoms with Gasteiger partial charge in [-0.25, -0.2) is 4.68 Å². The fraction of sp³-hybridized carbons (Fsp3) is 0.111. The Balaban J connectivity index is 1.72. The molecule has 0 bridgehead atoms. The highest BCUT2D eigenvalue weighted by molar-refractivity contribution is 6.06. The maximum atomic E-state index is 12.8. The van der Waals surface area contributed by atoms with Gasteiger partial charge in [-0.15, -0.1) is 5.10 Å². The molecule has 0 saturated heterocycles. The third-order valence-corrected chi connectivity index (χ3v) is 3.99. The molecule has 0 aliphatic carbocycles. The van der Waals surface area contributed by atoms with Gasteiger partial charge >= 0.3 is 0 Å². The van der Waals surface area contributed by atoms with Crippen molar-refractivity contribution < 1.29 is 9.21 Å². The topological polar surface area (TPSA) is 73.8 Å². The molecule has 4 rings (SSSR count). The lowest BCUT2D eigenvalue weighted by atomic mass is 10.1. The van der Waals surface area contributed by atoms with Crippen molar-refractivity contribution in [2.24, 2.45) is 0 Å². The Bertz CT molecular complexity index is 971. The predicted molar refractivity (Wildman–Crippen MR) is 87.7 cm³/mol. The molecule has 0 aliphatic rings. The summed E-state index contributed by atoms with van der Waals surface area (Å²) in [6.07, 6.45) is 0. The Morgan fingerprint density at radius 3 is 2.62 bits per heavy atom. The molecule has 2 heterocycles. The van der Waals surface area contributed by atoms with Gasteiger partial charge in [0.15, 0.2) is 5.76 Å². The molecule has 6 nitrogen and oxygen atoms in total. The summed E-state index contributed by atoms with van der Waals surface area (Å²) in [5.41, 5.74) is 1.68. The van der Waals surface area contributed by atoms with Crippen LogP contribution in [-0.2, 0) is 0 Å². The Morgan fingerprint density at radius 2 is 1.83 bits per heavy atom. The lowest BCUT2D eigenvalue weighted by molar-refractivity contribution is 0.0994. The van der Waals surface area contributed by atoms with E-state index >= 15 is 0 Å². The van der Waals surface area contributed by atoms with Gasteiger partial charge in [0.2, 0.25) is 5.82 Å². The van der Waals surface area contributed by atoms with Gasteiger partial charge in [-0.05, 0) is 35.0 Å². The molecule has 1 atom stereocenters. The molecule has 0 aliphatic heterocycles. The molecule has 2 aromatic carbocycles. The van der Waals surface area contributed by atoms with E-state index in [0.717, 1.165) is 10.9 Å². The van der Waals surface area contributed by atoms with Crippen molar-refractivity contribution in [1.82, 2.24) is 20.2 Å². The third-order valence-electron chi connectivity index (χ3n) is 3.99. The monoisotopic (exact) mass is 318 g/mol. The molecule has 0 radical (unpaired) electrons. The summed E-state index contributed by atoms with van der Waals surface area (Å²) in [5, 5.41) is 12.4. The van der Waals surface area contributed by atoms with Crippen molar-refractivity contribution in [3.63, 3.8) is 0 Å².